The Morgan fingerprint density at radius 2 is 1.67 bits per heavy atom. The van der Waals surface area contributed by atoms with Gasteiger partial charge in [-0.3, -0.25) is 4.79 Å². The second-order valence-corrected chi connectivity index (χ2v) is 4.83. The molecule has 0 aliphatic carbocycles. The number of hydrogen-bond donors (Lipinski definition) is 1. The maximum Gasteiger partial charge on any atom is 0.186 e. The second kappa shape index (κ2) is 4.24. The van der Waals surface area contributed by atoms with Crippen LogP contribution >= 0.6 is 0 Å². The fourth-order valence-corrected chi connectivity index (χ4v) is 2.47. The van der Waals surface area contributed by atoms with Crippen LogP contribution in [0.3, 0.4) is 0 Å². The van der Waals surface area contributed by atoms with Crippen LogP contribution in [0.5, 0.6) is 5.75 Å². The predicted molar refractivity (Wildman–Crippen MR) is 79.4 cm³/mol. The molecule has 102 valence electrons. The van der Waals surface area contributed by atoms with E-state index in [0.29, 0.717) is 16.9 Å². The molecule has 0 amide bonds. The molecular weight excluding hydrogens is 268 g/mol. The van der Waals surface area contributed by atoms with Crippen LogP contribution in [0.25, 0.3) is 33.3 Å². The van der Waals surface area contributed by atoms with E-state index >= 15 is 0 Å². The Labute approximate surface area is 118 Å². The van der Waals surface area contributed by atoms with Gasteiger partial charge in [-0.1, -0.05) is 0 Å². The van der Waals surface area contributed by atoms with E-state index < -0.39 is 0 Å². The van der Waals surface area contributed by atoms with Gasteiger partial charge in [-0.2, -0.15) is 0 Å². The predicted octanol–water partition coefficient (Wildman–Crippen LogP) is 3.91. The van der Waals surface area contributed by atoms with Crippen molar-refractivity contribution in [1.29, 1.82) is 0 Å². The van der Waals surface area contributed by atoms with E-state index in [1.165, 1.54) is 12.1 Å². The average molecular weight is 278 g/mol. The lowest BCUT2D eigenvalue weighted by molar-refractivity contribution is 0.475. The van der Waals surface area contributed by atoms with E-state index in [1.54, 1.807) is 30.5 Å². The van der Waals surface area contributed by atoms with Crippen LogP contribution in [0.15, 0.2) is 68.4 Å². The van der Waals surface area contributed by atoms with Gasteiger partial charge in [0.05, 0.1) is 11.6 Å². The van der Waals surface area contributed by atoms with Crippen molar-refractivity contribution in [1.82, 2.24) is 0 Å². The zero-order valence-corrected chi connectivity index (χ0v) is 10.9. The lowest BCUT2D eigenvalue weighted by atomic mass is 10.1. The maximum atomic E-state index is 11.7. The maximum absolute atomic E-state index is 11.7. The van der Waals surface area contributed by atoms with Crippen molar-refractivity contribution in [2.24, 2.45) is 0 Å². The lowest BCUT2D eigenvalue weighted by Gasteiger charge is -2.07. The summed E-state index contributed by atoms with van der Waals surface area (Å²) in [4.78, 5) is 11.7. The molecule has 4 nitrogen and oxygen atoms in total. The minimum absolute atomic E-state index is 0.162. The number of phenols is 1. The van der Waals surface area contributed by atoms with Gasteiger partial charge in [-0.05, 0) is 41.8 Å². The first kappa shape index (κ1) is 11.8. The number of hydrogen-bond acceptors (Lipinski definition) is 4. The van der Waals surface area contributed by atoms with Crippen molar-refractivity contribution in [3.8, 4) is 17.1 Å². The quantitative estimate of drug-likeness (QED) is 0.573. The first-order chi connectivity index (χ1) is 10.2. The fraction of sp³-hybridized carbons (Fsp3) is 0. The normalized spacial score (nSPS) is 11.2. The third-order valence-electron chi connectivity index (χ3n) is 3.43. The molecule has 0 fully saturated rings. The third kappa shape index (κ3) is 1.89. The summed E-state index contributed by atoms with van der Waals surface area (Å²) in [6.07, 6.45) is 1.55. The largest absolute Gasteiger partial charge is 0.508 e. The van der Waals surface area contributed by atoms with Crippen LogP contribution in [0.1, 0.15) is 0 Å². The molecule has 0 saturated heterocycles. The fourth-order valence-electron chi connectivity index (χ4n) is 2.47. The summed E-state index contributed by atoms with van der Waals surface area (Å²) in [6, 6.07) is 13.3. The molecule has 0 aliphatic rings. The van der Waals surface area contributed by atoms with Crippen molar-refractivity contribution in [2.75, 3.05) is 0 Å². The summed E-state index contributed by atoms with van der Waals surface area (Å²) in [5.41, 5.74) is 1.66. The number of rotatable bonds is 1. The second-order valence-electron chi connectivity index (χ2n) is 4.83. The van der Waals surface area contributed by atoms with E-state index in [1.807, 2.05) is 12.1 Å². The number of phenolic OH excluding ortho intramolecular Hbond substituents is 1. The van der Waals surface area contributed by atoms with E-state index in [-0.39, 0.29) is 11.2 Å². The highest BCUT2D eigenvalue weighted by Gasteiger charge is 2.10. The van der Waals surface area contributed by atoms with Crippen molar-refractivity contribution >= 4 is 21.9 Å². The molecule has 2 heterocycles. The Morgan fingerprint density at radius 1 is 0.905 bits per heavy atom. The Hall–Kier alpha value is -3.01. The molecule has 0 atom stereocenters. The molecule has 0 aliphatic heterocycles. The molecule has 2 aromatic heterocycles. The third-order valence-corrected chi connectivity index (χ3v) is 3.43. The zero-order chi connectivity index (χ0) is 14.4. The highest BCUT2D eigenvalue weighted by atomic mass is 16.3. The molecule has 0 spiro atoms. The Morgan fingerprint density at radius 3 is 2.48 bits per heavy atom. The van der Waals surface area contributed by atoms with E-state index in [4.69, 9.17) is 8.83 Å². The van der Waals surface area contributed by atoms with Crippen LogP contribution in [-0.4, -0.2) is 5.11 Å². The molecule has 1 N–H and O–H groups in total. The topological polar surface area (TPSA) is 63.6 Å². The molecule has 4 heteroatoms. The summed E-state index contributed by atoms with van der Waals surface area (Å²) in [7, 11) is 0. The van der Waals surface area contributed by atoms with E-state index in [0.717, 1.165) is 16.3 Å². The summed E-state index contributed by atoms with van der Waals surface area (Å²) in [5, 5.41) is 11.1. The summed E-state index contributed by atoms with van der Waals surface area (Å²) < 4.78 is 11.2. The molecule has 0 radical (unpaired) electrons. The minimum Gasteiger partial charge on any atom is -0.508 e. The lowest BCUT2D eigenvalue weighted by Crippen LogP contribution is -1.96. The standard InChI is InChI=1S/C17H10O4/c18-12-3-1-10(2-4-12)14-7-11-5-6-20-15-8-13(19)9-16(21-14)17(11)15/h1-9,18H. The monoisotopic (exact) mass is 278 g/mol. The van der Waals surface area contributed by atoms with Gasteiger partial charge in [0, 0.05) is 17.7 Å². The molecule has 0 bridgehead atoms. The van der Waals surface area contributed by atoms with Crippen LogP contribution in [0.4, 0.5) is 0 Å². The van der Waals surface area contributed by atoms with E-state index in [2.05, 4.69) is 0 Å². The van der Waals surface area contributed by atoms with Crippen molar-refractivity contribution < 1.29 is 13.9 Å². The number of aromatic hydroxyl groups is 1. The van der Waals surface area contributed by atoms with Gasteiger partial charge in [0.15, 0.2) is 5.43 Å². The molecule has 4 rings (SSSR count). The Bertz CT molecular complexity index is 1010. The SMILES string of the molecule is O=c1cc2occc3cc(-c4ccc(O)cc4)oc(c1)c32. The molecule has 21 heavy (non-hydrogen) atoms. The zero-order valence-electron chi connectivity index (χ0n) is 10.9. The molecular formula is C17H10O4. The van der Waals surface area contributed by atoms with Crippen molar-refractivity contribution in [2.45, 2.75) is 0 Å². The Kier molecular flexibility index (Phi) is 2.38. The van der Waals surface area contributed by atoms with Gasteiger partial charge in [0.2, 0.25) is 0 Å². The highest BCUT2D eigenvalue weighted by Crippen LogP contribution is 2.31. The van der Waals surface area contributed by atoms with Crippen molar-refractivity contribution in [3.05, 3.63) is 65.0 Å². The van der Waals surface area contributed by atoms with Gasteiger partial charge < -0.3 is 13.9 Å². The summed E-state index contributed by atoms with van der Waals surface area (Å²) in [6.45, 7) is 0. The number of benzene rings is 2. The van der Waals surface area contributed by atoms with Crippen LogP contribution in [0, 0.1) is 0 Å². The smallest absolute Gasteiger partial charge is 0.186 e. The average Bonchev–Trinajstić information content (AvgIpc) is 2.47. The minimum atomic E-state index is -0.162. The highest BCUT2D eigenvalue weighted by molar-refractivity contribution is 6.05. The van der Waals surface area contributed by atoms with Crippen molar-refractivity contribution in [3.63, 3.8) is 0 Å². The molecule has 0 unspecified atom stereocenters. The van der Waals surface area contributed by atoms with Gasteiger partial charge in [0.25, 0.3) is 0 Å². The van der Waals surface area contributed by atoms with Gasteiger partial charge in [-0.15, -0.1) is 0 Å². The van der Waals surface area contributed by atoms with Gasteiger partial charge >= 0.3 is 0 Å². The Balaban J connectivity index is 2.08. The van der Waals surface area contributed by atoms with Crippen LogP contribution in [0.2, 0.25) is 0 Å². The van der Waals surface area contributed by atoms with Crippen LogP contribution < -0.4 is 5.43 Å². The molecule has 2 aromatic carbocycles. The van der Waals surface area contributed by atoms with Crippen LogP contribution in [-0.2, 0) is 0 Å². The van der Waals surface area contributed by atoms with E-state index in [9.17, 15) is 9.90 Å². The summed E-state index contributed by atoms with van der Waals surface area (Å²) >= 11 is 0. The van der Waals surface area contributed by atoms with Gasteiger partial charge in [-0.25, -0.2) is 0 Å². The first-order valence-corrected chi connectivity index (χ1v) is 6.45. The summed E-state index contributed by atoms with van der Waals surface area (Å²) in [5.74, 6) is 0.818. The molecule has 0 saturated carbocycles. The first-order valence-electron chi connectivity index (χ1n) is 6.45. The molecule has 4 aromatic rings. The van der Waals surface area contributed by atoms with Gasteiger partial charge in [0.1, 0.15) is 22.7 Å².